The summed E-state index contributed by atoms with van der Waals surface area (Å²) in [5.41, 5.74) is 2.28. The first-order valence-electron chi connectivity index (χ1n) is 18.9. The van der Waals surface area contributed by atoms with Gasteiger partial charge in [-0.1, -0.05) is 178 Å². The number of benzene rings is 7. The minimum Gasteiger partial charge on any atom is -0.506 e. The smallest absolute Gasteiger partial charge is 0.455 e. The van der Waals surface area contributed by atoms with Crippen molar-refractivity contribution < 1.29 is 77.0 Å². The molecule has 0 saturated carbocycles. The molecule has 10 heteroatoms. The van der Waals surface area contributed by atoms with Crippen molar-refractivity contribution in [3.8, 4) is 33.7 Å². The molecule has 0 amide bonds. The summed E-state index contributed by atoms with van der Waals surface area (Å²) in [6.45, 7) is 4.07. The van der Waals surface area contributed by atoms with Crippen LogP contribution in [0.5, 0.6) is 5.75 Å². The Kier molecular flexibility index (Phi) is 12.2. The van der Waals surface area contributed by atoms with Crippen LogP contribution >= 0.6 is 7.14 Å². The summed E-state index contributed by atoms with van der Waals surface area (Å²) in [6.07, 6.45) is -5.35. The van der Waals surface area contributed by atoms with Gasteiger partial charge in [0.1, 0.15) is 11.3 Å². The van der Waals surface area contributed by atoms with Gasteiger partial charge in [0.05, 0.1) is 11.2 Å². The number of hydrogen-bond donors (Lipinski definition) is 1. The third-order valence-corrected chi connectivity index (χ3v) is 14.0. The molecule has 1 heterocycles. The molecule has 1 aliphatic rings. The normalized spacial score (nSPS) is 12.7. The second-order valence-electron chi connectivity index (χ2n) is 14.8. The van der Waals surface area contributed by atoms with E-state index in [0.29, 0.717) is 11.3 Å². The molecule has 0 atom stereocenters. The quantitative estimate of drug-likeness (QED) is 0.133. The summed E-state index contributed by atoms with van der Waals surface area (Å²) in [7, 11) is -2.78. The average Bonchev–Trinajstić information content (AvgIpc) is 3.49. The molecule has 1 radical (unpaired) electrons. The molecule has 1 N–H and O–H groups in total. The van der Waals surface area contributed by atoms with Gasteiger partial charge < -0.3 is 9.67 Å². The topological polar surface area (TPSA) is 76.4 Å². The number of Topliss-reactive ketones (excluding diaryl/α,β-unsaturated/α-hetero) is 1. The number of alkyl halides is 3. The fourth-order valence-corrected chi connectivity index (χ4v) is 10.7. The minimum absolute atomic E-state index is 0. The molecule has 299 valence electrons. The standard InChI is InChI=1S/C32H22F3NO3.C18H15OP.Eu/c1-31(2)23-14-8-6-13-20(23)21-16-22-26(17-24(21)31)36(30(39)27(28(22)37)29(38)32(33,34)35)25-15-9-7-12-19(25)18-10-4-3-5-11-18;19-20(16-10-4-1-5-11-16,17-12-6-2-7-13-17)18-14-8-3-9-15-18;/h3-17,37H,1-2H3;1-15H;. The van der Waals surface area contributed by atoms with Crippen LogP contribution in [0, 0.1) is 49.4 Å². The average molecular weight is 956 g/mol. The summed E-state index contributed by atoms with van der Waals surface area (Å²) < 4.78 is 56.0. The Hall–Kier alpha value is -5.18. The van der Waals surface area contributed by atoms with Gasteiger partial charge in [-0.2, -0.15) is 13.2 Å². The Morgan fingerprint density at radius 3 is 1.57 bits per heavy atom. The largest absolute Gasteiger partial charge is 0.506 e. The van der Waals surface area contributed by atoms with Crippen molar-refractivity contribution >= 4 is 39.7 Å². The monoisotopic (exact) mass is 956 g/mol. The van der Waals surface area contributed by atoms with E-state index in [1.54, 1.807) is 36.4 Å². The SMILES string of the molecule is CC1(C)c2ccccc2-c2cc3c(O)c(C(=O)C(F)(F)F)c(=O)n(-c4ccccc4-c4ccccc4)c3cc21.O=P(c1ccccc1)(c1ccccc1)c1ccccc1.[Eu]. The summed E-state index contributed by atoms with van der Waals surface area (Å²) in [6, 6.07) is 56.1. The molecular weight excluding hydrogens is 918 g/mol. The number of hydrogen-bond acceptors (Lipinski definition) is 4. The number of halogens is 3. The van der Waals surface area contributed by atoms with Crippen molar-refractivity contribution in [2.24, 2.45) is 0 Å². The van der Waals surface area contributed by atoms with E-state index < -0.39 is 41.4 Å². The first-order chi connectivity index (χ1) is 28.3. The molecule has 0 spiro atoms. The maximum atomic E-state index is 13.8. The maximum Gasteiger partial charge on any atom is 0.455 e. The van der Waals surface area contributed by atoms with Crippen LogP contribution in [0.4, 0.5) is 13.2 Å². The predicted octanol–water partition coefficient (Wildman–Crippen LogP) is 10.7. The number of carbonyl (C=O) groups excluding carboxylic acids is 1. The van der Waals surface area contributed by atoms with Crippen LogP contribution in [-0.4, -0.2) is 21.6 Å². The minimum atomic E-state index is -5.35. The van der Waals surface area contributed by atoms with Crippen molar-refractivity contribution in [1.29, 1.82) is 0 Å². The number of pyridine rings is 1. The zero-order valence-corrected chi connectivity index (χ0v) is 35.7. The zero-order valence-electron chi connectivity index (χ0n) is 32.4. The van der Waals surface area contributed by atoms with Gasteiger partial charge in [0.15, 0.2) is 7.14 Å². The van der Waals surface area contributed by atoms with Crippen LogP contribution in [0.3, 0.4) is 0 Å². The first-order valence-corrected chi connectivity index (χ1v) is 20.6. The van der Waals surface area contributed by atoms with Crippen molar-refractivity contribution in [3.63, 3.8) is 0 Å². The van der Waals surface area contributed by atoms with Crippen LogP contribution in [0.1, 0.15) is 35.3 Å². The third kappa shape index (κ3) is 7.58. The number of para-hydroxylation sites is 1. The third-order valence-electron chi connectivity index (χ3n) is 10.9. The Morgan fingerprint density at radius 2 is 1.05 bits per heavy atom. The van der Waals surface area contributed by atoms with Crippen molar-refractivity contribution in [2.75, 3.05) is 0 Å². The Balaban J connectivity index is 0.000000218. The second kappa shape index (κ2) is 17.1. The summed E-state index contributed by atoms with van der Waals surface area (Å²) in [5, 5.41) is 13.7. The first kappa shape index (κ1) is 42.9. The van der Waals surface area contributed by atoms with Crippen molar-refractivity contribution in [2.45, 2.75) is 25.4 Å². The zero-order chi connectivity index (χ0) is 41.5. The molecule has 0 unspecified atom stereocenters. The van der Waals surface area contributed by atoms with E-state index in [9.17, 15) is 32.4 Å². The molecule has 0 aliphatic heterocycles. The van der Waals surface area contributed by atoms with Gasteiger partial charge in [0, 0.05) is 81.7 Å². The van der Waals surface area contributed by atoms with Gasteiger partial charge in [0.25, 0.3) is 11.3 Å². The number of aromatic hydroxyl groups is 1. The molecule has 9 rings (SSSR count). The summed E-state index contributed by atoms with van der Waals surface area (Å²) >= 11 is 0. The van der Waals surface area contributed by atoms with E-state index in [1.807, 2.05) is 159 Å². The van der Waals surface area contributed by atoms with E-state index in [-0.39, 0.29) is 60.3 Å². The number of fused-ring (bicyclic) bond motifs is 4. The van der Waals surface area contributed by atoms with Crippen LogP contribution in [0.25, 0.3) is 38.8 Å². The van der Waals surface area contributed by atoms with Gasteiger partial charge in [-0.05, 0) is 46.0 Å². The van der Waals surface area contributed by atoms with Gasteiger partial charge in [-0.3, -0.25) is 14.2 Å². The van der Waals surface area contributed by atoms with E-state index in [1.165, 1.54) is 0 Å². The van der Waals surface area contributed by atoms with E-state index in [4.69, 9.17) is 0 Å². The number of aromatic nitrogens is 1. The molecule has 1 aliphatic carbocycles. The van der Waals surface area contributed by atoms with Crippen LogP contribution in [0.2, 0.25) is 0 Å². The molecule has 8 aromatic rings. The molecule has 0 saturated heterocycles. The fourth-order valence-electron chi connectivity index (χ4n) is 8.05. The van der Waals surface area contributed by atoms with Gasteiger partial charge in [-0.15, -0.1) is 0 Å². The molecule has 1 aromatic heterocycles. The Labute approximate surface area is 386 Å². The van der Waals surface area contributed by atoms with Crippen LogP contribution in [-0.2, 0) is 9.98 Å². The summed E-state index contributed by atoms with van der Waals surface area (Å²) in [4.78, 5) is 26.4. The molecule has 60 heavy (non-hydrogen) atoms. The van der Waals surface area contributed by atoms with E-state index >= 15 is 0 Å². The Bertz CT molecular complexity index is 2870. The van der Waals surface area contributed by atoms with Crippen LogP contribution < -0.4 is 21.5 Å². The molecule has 0 bridgehead atoms. The number of ketones is 1. The number of carbonyl (C=O) groups is 1. The van der Waals surface area contributed by atoms with Gasteiger partial charge >= 0.3 is 6.18 Å². The second-order valence-corrected chi connectivity index (χ2v) is 17.5. The number of rotatable bonds is 6. The van der Waals surface area contributed by atoms with Crippen molar-refractivity contribution in [3.05, 3.63) is 209 Å². The molecule has 5 nitrogen and oxygen atoms in total. The Morgan fingerprint density at radius 1 is 0.600 bits per heavy atom. The van der Waals surface area contributed by atoms with Crippen LogP contribution in [0.15, 0.2) is 187 Å². The van der Waals surface area contributed by atoms with Gasteiger partial charge in [0.2, 0.25) is 0 Å². The summed E-state index contributed by atoms with van der Waals surface area (Å²) in [5.74, 6) is -3.37. The maximum absolute atomic E-state index is 13.8. The number of nitrogens with zero attached hydrogens (tertiary/aromatic N) is 1. The van der Waals surface area contributed by atoms with E-state index in [0.717, 1.165) is 48.3 Å². The molecular formula is C50H37EuF3NO4P. The van der Waals surface area contributed by atoms with E-state index in [2.05, 4.69) is 0 Å². The van der Waals surface area contributed by atoms with Crippen molar-refractivity contribution in [1.82, 2.24) is 4.57 Å². The fraction of sp³-hybridized carbons (Fsp3) is 0.0800. The molecule has 0 fully saturated rings. The molecule has 7 aromatic carbocycles. The van der Waals surface area contributed by atoms with Gasteiger partial charge in [-0.25, -0.2) is 0 Å². The predicted molar refractivity (Wildman–Crippen MR) is 230 cm³/mol.